The minimum Gasteiger partial charge on any atom is -0.376 e. The van der Waals surface area contributed by atoms with Crippen LogP contribution in [-0.2, 0) is 14.2 Å². The second kappa shape index (κ2) is 2.25. The van der Waals surface area contributed by atoms with Crippen LogP contribution in [0.5, 0.6) is 0 Å². The SMILES string of the molecule is C1COC2COC2CO1. The van der Waals surface area contributed by atoms with Crippen molar-refractivity contribution >= 4 is 0 Å². The zero-order chi connectivity index (χ0) is 6.10. The van der Waals surface area contributed by atoms with Crippen molar-refractivity contribution in [1.82, 2.24) is 0 Å². The van der Waals surface area contributed by atoms with Crippen molar-refractivity contribution in [3.8, 4) is 0 Å². The molecule has 2 rings (SSSR count). The van der Waals surface area contributed by atoms with Gasteiger partial charge in [0.15, 0.2) is 0 Å². The fourth-order valence-corrected chi connectivity index (χ4v) is 1.08. The smallest absolute Gasteiger partial charge is 0.109 e. The Labute approximate surface area is 53.9 Å². The average molecular weight is 130 g/mol. The van der Waals surface area contributed by atoms with E-state index in [1.807, 2.05) is 0 Å². The third kappa shape index (κ3) is 0.956. The molecule has 0 aromatic rings. The standard InChI is InChI=1S/C6H10O3/c1-2-8-6-4-9-5(6)3-7-1/h5-6H,1-4H2. The van der Waals surface area contributed by atoms with E-state index in [9.17, 15) is 0 Å². The maximum Gasteiger partial charge on any atom is 0.109 e. The van der Waals surface area contributed by atoms with Gasteiger partial charge in [0.05, 0.1) is 26.4 Å². The number of fused-ring (bicyclic) bond motifs is 1. The fraction of sp³-hybridized carbons (Fsp3) is 1.00. The van der Waals surface area contributed by atoms with E-state index < -0.39 is 0 Å². The Morgan fingerprint density at radius 1 is 0.889 bits per heavy atom. The Kier molecular flexibility index (Phi) is 1.41. The Balaban J connectivity index is 1.90. The first-order valence-corrected chi connectivity index (χ1v) is 3.28. The van der Waals surface area contributed by atoms with Gasteiger partial charge in [-0.05, 0) is 0 Å². The van der Waals surface area contributed by atoms with Crippen LogP contribution in [0.2, 0.25) is 0 Å². The minimum atomic E-state index is 0.229. The number of hydrogen-bond acceptors (Lipinski definition) is 3. The van der Waals surface area contributed by atoms with Gasteiger partial charge in [0.2, 0.25) is 0 Å². The molecule has 0 aliphatic carbocycles. The first-order valence-electron chi connectivity index (χ1n) is 3.28. The van der Waals surface area contributed by atoms with Crippen molar-refractivity contribution in [2.24, 2.45) is 0 Å². The Bertz CT molecular complexity index is 92.5. The zero-order valence-electron chi connectivity index (χ0n) is 5.21. The van der Waals surface area contributed by atoms with E-state index in [-0.39, 0.29) is 6.10 Å². The van der Waals surface area contributed by atoms with Crippen LogP contribution in [0.3, 0.4) is 0 Å². The second-order valence-electron chi connectivity index (χ2n) is 2.36. The predicted octanol–water partition coefficient (Wildman–Crippen LogP) is -0.199. The first kappa shape index (κ1) is 5.65. The van der Waals surface area contributed by atoms with Gasteiger partial charge in [0.25, 0.3) is 0 Å². The molecule has 2 aliphatic heterocycles. The molecule has 0 N–H and O–H groups in total. The van der Waals surface area contributed by atoms with Crippen LogP contribution < -0.4 is 0 Å². The highest BCUT2D eigenvalue weighted by molar-refractivity contribution is 4.80. The molecule has 0 aromatic carbocycles. The lowest BCUT2D eigenvalue weighted by molar-refractivity contribution is -0.181. The van der Waals surface area contributed by atoms with Crippen molar-refractivity contribution in [3.63, 3.8) is 0 Å². The molecule has 2 fully saturated rings. The minimum absolute atomic E-state index is 0.229. The fourth-order valence-electron chi connectivity index (χ4n) is 1.08. The van der Waals surface area contributed by atoms with Crippen LogP contribution in [-0.4, -0.2) is 38.6 Å². The monoisotopic (exact) mass is 130 g/mol. The maximum absolute atomic E-state index is 5.35. The molecule has 2 atom stereocenters. The summed E-state index contributed by atoms with van der Waals surface area (Å²) in [6.45, 7) is 2.92. The third-order valence-corrected chi connectivity index (χ3v) is 1.73. The van der Waals surface area contributed by atoms with Gasteiger partial charge in [-0.2, -0.15) is 0 Å². The second-order valence-corrected chi connectivity index (χ2v) is 2.36. The molecule has 2 heterocycles. The van der Waals surface area contributed by atoms with Gasteiger partial charge >= 0.3 is 0 Å². The molecule has 9 heavy (non-hydrogen) atoms. The topological polar surface area (TPSA) is 27.7 Å². The highest BCUT2D eigenvalue weighted by Crippen LogP contribution is 2.18. The summed E-state index contributed by atoms with van der Waals surface area (Å²) in [5.41, 5.74) is 0. The normalized spacial score (nSPS) is 42.7. The largest absolute Gasteiger partial charge is 0.376 e. The van der Waals surface area contributed by atoms with Gasteiger partial charge in [-0.1, -0.05) is 0 Å². The van der Waals surface area contributed by atoms with Crippen LogP contribution >= 0.6 is 0 Å². The lowest BCUT2D eigenvalue weighted by Gasteiger charge is -2.33. The molecule has 0 aromatic heterocycles. The first-order chi connectivity index (χ1) is 4.47. The van der Waals surface area contributed by atoms with Gasteiger partial charge in [-0.25, -0.2) is 0 Å². The van der Waals surface area contributed by atoms with Crippen LogP contribution in [0.4, 0.5) is 0 Å². The lowest BCUT2D eigenvalue weighted by atomic mass is 10.1. The molecule has 0 radical (unpaired) electrons. The van der Waals surface area contributed by atoms with Gasteiger partial charge < -0.3 is 14.2 Å². The summed E-state index contributed by atoms with van der Waals surface area (Å²) < 4.78 is 15.7. The number of rotatable bonds is 0. The number of hydrogen-bond donors (Lipinski definition) is 0. The summed E-state index contributed by atoms with van der Waals surface area (Å²) in [7, 11) is 0. The van der Waals surface area contributed by atoms with Crippen molar-refractivity contribution in [1.29, 1.82) is 0 Å². The van der Waals surface area contributed by atoms with Crippen molar-refractivity contribution in [2.45, 2.75) is 12.2 Å². The van der Waals surface area contributed by atoms with Gasteiger partial charge in [-0.3, -0.25) is 0 Å². The lowest BCUT2D eigenvalue weighted by Crippen LogP contribution is -2.47. The molecule has 2 aliphatic rings. The molecule has 3 heteroatoms. The van der Waals surface area contributed by atoms with E-state index in [1.165, 1.54) is 0 Å². The summed E-state index contributed by atoms with van der Waals surface area (Å²) in [6.07, 6.45) is 0.556. The van der Waals surface area contributed by atoms with Crippen molar-refractivity contribution < 1.29 is 14.2 Å². The van der Waals surface area contributed by atoms with Gasteiger partial charge in [0, 0.05) is 0 Å². The Hall–Kier alpha value is -0.120. The van der Waals surface area contributed by atoms with E-state index in [1.54, 1.807) is 0 Å². The molecular formula is C6H10O3. The number of ether oxygens (including phenoxy) is 3. The molecular weight excluding hydrogens is 120 g/mol. The summed E-state index contributed by atoms with van der Waals surface area (Å²) >= 11 is 0. The Morgan fingerprint density at radius 3 is 2.56 bits per heavy atom. The van der Waals surface area contributed by atoms with Crippen LogP contribution in [0, 0.1) is 0 Å². The quantitative estimate of drug-likeness (QED) is 0.454. The molecule has 0 amide bonds. The predicted molar refractivity (Wildman–Crippen MR) is 30.3 cm³/mol. The van der Waals surface area contributed by atoms with Crippen LogP contribution in [0.1, 0.15) is 0 Å². The molecule has 52 valence electrons. The molecule has 3 nitrogen and oxygen atoms in total. The third-order valence-electron chi connectivity index (χ3n) is 1.73. The highest BCUT2D eigenvalue weighted by Gasteiger charge is 2.34. The average Bonchev–Trinajstić information content (AvgIpc) is 1.94. The van der Waals surface area contributed by atoms with E-state index in [4.69, 9.17) is 14.2 Å². The Morgan fingerprint density at radius 2 is 1.78 bits per heavy atom. The molecule has 2 unspecified atom stereocenters. The molecule has 0 spiro atoms. The van der Waals surface area contributed by atoms with Crippen LogP contribution in [0.15, 0.2) is 0 Å². The van der Waals surface area contributed by atoms with E-state index in [0.29, 0.717) is 12.7 Å². The summed E-state index contributed by atoms with van der Waals surface area (Å²) in [5.74, 6) is 0. The van der Waals surface area contributed by atoms with Crippen LogP contribution in [0.25, 0.3) is 0 Å². The summed E-state index contributed by atoms with van der Waals surface area (Å²) in [5, 5.41) is 0. The van der Waals surface area contributed by atoms with Crippen molar-refractivity contribution in [3.05, 3.63) is 0 Å². The van der Waals surface area contributed by atoms with Gasteiger partial charge in [0.1, 0.15) is 12.2 Å². The van der Waals surface area contributed by atoms with E-state index >= 15 is 0 Å². The summed E-state index contributed by atoms with van der Waals surface area (Å²) in [6, 6.07) is 0. The summed E-state index contributed by atoms with van der Waals surface area (Å²) in [4.78, 5) is 0. The maximum atomic E-state index is 5.35. The molecule has 2 saturated heterocycles. The van der Waals surface area contributed by atoms with E-state index in [2.05, 4.69) is 0 Å². The van der Waals surface area contributed by atoms with Crippen molar-refractivity contribution in [2.75, 3.05) is 26.4 Å². The highest BCUT2D eigenvalue weighted by atomic mass is 16.6. The zero-order valence-corrected chi connectivity index (χ0v) is 5.21. The molecule has 0 saturated carbocycles. The van der Waals surface area contributed by atoms with E-state index in [0.717, 1.165) is 19.8 Å². The van der Waals surface area contributed by atoms with Gasteiger partial charge in [-0.15, -0.1) is 0 Å². The molecule has 0 bridgehead atoms.